The maximum Gasteiger partial charge on any atom is 0.194 e. The third kappa shape index (κ3) is 6.23. The number of halogens is 3. The largest absolute Gasteiger partial charge is 0.204 e. The first-order valence-corrected chi connectivity index (χ1v) is 12.8. The Morgan fingerprint density at radius 2 is 1.42 bits per heavy atom. The van der Waals surface area contributed by atoms with Gasteiger partial charge in [0.15, 0.2) is 17.5 Å². The Morgan fingerprint density at radius 3 is 2.15 bits per heavy atom. The first-order valence-electron chi connectivity index (χ1n) is 12.8. The maximum absolute atomic E-state index is 13.4. The molecular formula is C30H35F3. The molecule has 0 aromatic heterocycles. The predicted octanol–water partition coefficient (Wildman–Crippen LogP) is 8.77. The fourth-order valence-corrected chi connectivity index (χ4v) is 6.02. The van der Waals surface area contributed by atoms with Crippen LogP contribution in [0.5, 0.6) is 0 Å². The van der Waals surface area contributed by atoms with E-state index >= 15 is 0 Å². The van der Waals surface area contributed by atoms with Gasteiger partial charge in [0.05, 0.1) is 0 Å². The summed E-state index contributed by atoms with van der Waals surface area (Å²) in [4.78, 5) is 0. The lowest BCUT2D eigenvalue weighted by Crippen LogP contribution is -2.30. The first-order chi connectivity index (χ1) is 16.0. The first kappa shape index (κ1) is 23.9. The number of rotatable bonds is 6. The third-order valence-electron chi connectivity index (χ3n) is 7.90. The van der Waals surface area contributed by atoms with Crippen molar-refractivity contribution in [1.29, 1.82) is 0 Å². The van der Waals surface area contributed by atoms with Gasteiger partial charge in [0, 0.05) is 11.1 Å². The minimum atomic E-state index is -1.46. The van der Waals surface area contributed by atoms with Gasteiger partial charge in [-0.25, -0.2) is 13.2 Å². The zero-order valence-electron chi connectivity index (χ0n) is 19.7. The molecule has 2 fully saturated rings. The molecule has 2 aliphatic rings. The summed E-state index contributed by atoms with van der Waals surface area (Å²) in [5, 5.41) is 0. The average Bonchev–Trinajstić information content (AvgIpc) is 2.84. The molecule has 3 heteroatoms. The second-order valence-corrected chi connectivity index (χ2v) is 10.2. The molecule has 176 valence electrons. The zero-order chi connectivity index (χ0) is 23.2. The maximum atomic E-state index is 13.4. The molecule has 0 radical (unpaired) electrons. The molecule has 4 unspecified atom stereocenters. The summed E-state index contributed by atoms with van der Waals surface area (Å²) >= 11 is 0. The van der Waals surface area contributed by atoms with Crippen LogP contribution in [0.1, 0.15) is 100 Å². The fraction of sp³-hybridized carbons (Fsp3) is 0.533. The molecule has 0 bridgehead atoms. The molecule has 33 heavy (non-hydrogen) atoms. The van der Waals surface area contributed by atoms with Gasteiger partial charge >= 0.3 is 0 Å². The summed E-state index contributed by atoms with van der Waals surface area (Å²) in [6.45, 7) is 2.28. The lowest BCUT2D eigenvalue weighted by atomic mass is 9.63. The van der Waals surface area contributed by atoms with Gasteiger partial charge in [0.2, 0.25) is 0 Å². The van der Waals surface area contributed by atoms with Gasteiger partial charge in [0.25, 0.3) is 0 Å². The Labute approximate surface area is 197 Å². The minimum Gasteiger partial charge on any atom is -0.204 e. The molecule has 0 saturated heterocycles. The van der Waals surface area contributed by atoms with Crippen LogP contribution in [0.25, 0.3) is 0 Å². The second kappa shape index (κ2) is 11.3. The monoisotopic (exact) mass is 452 g/mol. The molecule has 0 spiro atoms. The SMILES string of the molecule is CCCCCCC1CCC2CC(c3ccc(C#Cc4cc(F)c(F)c(F)c4)cc3)CCC2C1. The highest BCUT2D eigenvalue weighted by Gasteiger charge is 2.35. The number of hydrogen-bond acceptors (Lipinski definition) is 0. The smallest absolute Gasteiger partial charge is 0.194 e. The van der Waals surface area contributed by atoms with Gasteiger partial charge < -0.3 is 0 Å². The van der Waals surface area contributed by atoms with Gasteiger partial charge in [-0.3, -0.25) is 0 Å². The molecular weight excluding hydrogens is 417 g/mol. The Morgan fingerprint density at radius 1 is 0.758 bits per heavy atom. The highest BCUT2D eigenvalue weighted by Crippen LogP contribution is 2.48. The molecule has 4 rings (SSSR count). The summed E-state index contributed by atoms with van der Waals surface area (Å²) in [7, 11) is 0. The van der Waals surface area contributed by atoms with E-state index in [1.165, 1.54) is 76.2 Å². The summed E-state index contributed by atoms with van der Waals surface area (Å²) < 4.78 is 39.8. The molecule has 2 saturated carbocycles. The third-order valence-corrected chi connectivity index (χ3v) is 7.90. The normalized spacial score (nSPS) is 24.6. The number of benzene rings is 2. The second-order valence-electron chi connectivity index (χ2n) is 10.2. The van der Waals surface area contributed by atoms with E-state index in [0.717, 1.165) is 35.4 Å². The highest BCUT2D eigenvalue weighted by molar-refractivity contribution is 5.44. The molecule has 4 atom stereocenters. The molecule has 0 nitrogen and oxygen atoms in total. The Hall–Kier alpha value is -2.21. The zero-order valence-corrected chi connectivity index (χ0v) is 19.7. The topological polar surface area (TPSA) is 0 Å². The van der Waals surface area contributed by atoms with Crippen molar-refractivity contribution in [3.8, 4) is 11.8 Å². The minimum absolute atomic E-state index is 0.134. The van der Waals surface area contributed by atoms with Crippen LogP contribution >= 0.6 is 0 Å². The van der Waals surface area contributed by atoms with Crippen LogP contribution in [0.3, 0.4) is 0 Å². The van der Waals surface area contributed by atoms with Crippen LogP contribution < -0.4 is 0 Å². The molecule has 0 aliphatic heterocycles. The molecule has 0 amide bonds. The van der Waals surface area contributed by atoms with E-state index in [0.29, 0.717) is 5.92 Å². The van der Waals surface area contributed by atoms with Crippen molar-refractivity contribution in [3.63, 3.8) is 0 Å². The van der Waals surface area contributed by atoms with Gasteiger partial charge in [-0.15, -0.1) is 0 Å². The van der Waals surface area contributed by atoms with E-state index in [1.54, 1.807) is 0 Å². The van der Waals surface area contributed by atoms with Crippen molar-refractivity contribution in [2.45, 2.75) is 83.5 Å². The molecule has 0 heterocycles. The summed E-state index contributed by atoms with van der Waals surface area (Å²) in [5.41, 5.74) is 2.30. The van der Waals surface area contributed by atoms with Crippen molar-refractivity contribution >= 4 is 0 Å². The van der Waals surface area contributed by atoms with E-state index < -0.39 is 17.5 Å². The quantitative estimate of drug-likeness (QED) is 0.233. The van der Waals surface area contributed by atoms with E-state index in [2.05, 4.69) is 30.9 Å². The number of unbranched alkanes of at least 4 members (excludes halogenated alkanes) is 3. The highest BCUT2D eigenvalue weighted by atomic mass is 19.2. The Kier molecular flexibility index (Phi) is 8.18. The van der Waals surface area contributed by atoms with Crippen LogP contribution in [0.2, 0.25) is 0 Å². The van der Waals surface area contributed by atoms with Gasteiger partial charge in [-0.2, -0.15) is 0 Å². The van der Waals surface area contributed by atoms with Crippen molar-refractivity contribution in [3.05, 3.63) is 70.5 Å². The molecule has 2 aromatic rings. The number of fused-ring (bicyclic) bond motifs is 1. The van der Waals surface area contributed by atoms with Crippen LogP contribution in [-0.4, -0.2) is 0 Å². The van der Waals surface area contributed by atoms with Crippen LogP contribution in [0.15, 0.2) is 36.4 Å². The van der Waals surface area contributed by atoms with E-state index in [1.807, 2.05) is 12.1 Å². The molecule has 2 aromatic carbocycles. The molecule has 0 N–H and O–H groups in total. The van der Waals surface area contributed by atoms with Crippen molar-refractivity contribution in [1.82, 2.24) is 0 Å². The Balaban J connectivity index is 1.31. The van der Waals surface area contributed by atoms with E-state index in [4.69, 9.17) is 0 Å². The fourth-order valence-electron chi connectivity index (χ4n) is 6.02. The van der Waals surface area contributed by atoms with Gasteiger partial charge in [-0.05, 0) is 85.6 Å². The average molecular weight is 453 g/mol. The van der Waals surface area contributed by atoms with Gasteiger partial charge in [-0.1, -0.05) is 69.4 Å². The number of hydrogen-bond donors (Lipinski definition) is 0. The molecule has 2 aliphatic carbocycles. The summed E-state index contributed by atoms with van der Waals surface area (Å²) in [6.07, 6.45) is 15.1. The lowest BCUT2D eigenvalue weighted by molar-refractivity contribution is 0.113. The summed E-state index contributed by atoms with van der Waals surface area (Å²) in [5.74, 6) is 5.16. The lowest BCUT2D eigenvalue weighted by Gasteiger charge is -2.42. The van der Waals surface area contributed by atoms with E-state index in [-0.39, 0.29) is 5.56 Å². The standard InChI is InChI=1S/C30H35F3/c1-2-3-4-5-6-22-11-14-27-20-26(16-15-25(27)17-22)24-12-9-21(10-13-24)7-8-23-18-28(31)30(33)29(32)19-23/h9-10,12-13,18-19,22,25-27H,2-6,11,14-17,20H2,1H3. The Bertz CT molecular complexity index is 959. The van der Waals surface area contributed by atoms with E-state index in [9.17, 15) is 13.2 Å². The van der Waals surface area contributed by atoms with Crippen molar-refractivity contribution in [2.24, 2.45) is 17.8 Å². The van der Waals surface area contributed by atoms with Gasteiger partial charge in [0.1, 0.15) is 0 Å². The van der Waals surface area contributed by atoms with Crippen molar-refractivity contribution < 1.29 is 13.2 Å². The van der Waals surface area contributed by atoms with Crippen LogP contribution in [0.4, 0.5) is 13.2 Å². The summed E-state index contributed by atoms with van der Waals surface area (Å²) in [6, 6.07) is 10.1. The van der Waals surface area contributed by atoms with Crippen LogP contribution in [0, 0.1) is 47.0 Å². The predicted molar refractivity (Wildman–Crippen MR) is 128 cm³/mol. The van der Waals surface area contributed by atoms with Crippen molar-refractivity contribution in [2.75, 3.05) is 0 Å². The van der Waals surface area contributed by atoms with Crippen LogP contribution in [-0.2, 0) is 0 Å².